The molecule has 3 atom stereocenters. The van der Waals surface area contributed by atoms with E-state index >= 15 is 0 Å². The van der Waals surface area contributed by atoms with Crippen molar-refractivity contribution in [2.75, 3.05) is 6.61 Å². The largest absolute Gasteiger partial charge is 0.416 e. The molecule has 0 aromatic rings. The normalized spacial score (nSPS) is 18.6. The summed E-state index contributed by atoms with van der Waals surface area (Å²) in [5, 5.41) is 9.70. The van der Waals surface area contributed by atoms with E-state index in [9.17, 15) is 5.11 Å². The van der Waals surface area contributed by atoms with E-state index in [0.717, 1.165) is 0 Å². The third-order valence-corrected chi connectivity index (χ3v) is 8.58. The number of alkyl halides is 1. The Bertz CT molecular complexity index is 248. The molecule has 0 bridgehead atoms. The van der Waals surface area contributed by atoms with Gasteiger partial charge in [0.05, 0.1) is 11.5 Å². The van der Waals surface area contributed by atoms with E-state index in [0.29, 0.717) is 6.61 Å². The molecule has 1 N–H and O–H groups in total. The highest BCUT2D eigenvalue weighted by molar-refractivity contribution is 6.74. The lowest BCUT2D eigenvalue weighted by Gasteiger charge is -2.37. The van der Waals surface area contributed by atoms with Crippen molar-refractivity contribution in [3.8, 4) is 0 Å². The molecule has 0 aliphatic rings. The van der Waals surface area contributed by atoms with Gasteiger partial charge in [-0.3, -0.25) is 0 Å². The SMILES string of the molecule is C=C[C@@H](Cl)[C@H](O)[C@@H](C)CO[Si](C)(C)C(C)(C)C. The Morgan fingerprint density at radius 1 is 1.41 bits per heavy atom. The molecule has 17 heavy (non-hydrogen) atoms. The number of hydrogen-bond acceptors (Lipinski definition) is 2. The molecule has 0 aromatic heterocycles. The van der Waals surface area contributed by atoms with Crippen LogP contribution in [0.15, 0.2) is 12.7 Å². The van der Waals surface area contributed by atoms with E-state index in [1.165, 1.54) is 0 Å². The van der Waals surface area contributed by atoms with E-state index in [1.54, 1.807) is 6.08 Å². The summed E-state index contributed by atoms with van der Waals surface area (Å²) in [6.07, 6.45) is 0.966. The van der Waals surface area contributed by atoms with Gasteiger partial charge in [0, 0.05) is 12.5 Å². The number of halogens is 1. The fraction of sp³-hybridized carbons (Fsp3) is 0.846. The summed E-state index contributed by atoms with van der Waals surface area (Å²) in [5.41, 5.74) is 0. The number of rotatable bonds is 6. The van der Waals surface area contributed by atoms with Gasteiger partial charge in [0.15, 0.2) is 8.32 Å². The number of hydrogen-bond donors (Lipinski definition) is 1. The van der Waals surface area contributed by atoms with Gasteiger partial charge in [-0.1, -0.05) is 33.8 Å². The molecule has 0 aliphatic carbocycles. The van der Waals surface area contributed by atoms with Gasteiger partial charge in [-0.15, -0.1) is 18.2 Å². The van der Waals surface area contributed by atoms with Gasteiger partial charge in [0.25, 0.3) is 0 Å². The van der Waals surface area contributed by atoms with E-state index in [-0.39, 0.29) is 11.0 Å². The van der Waals surface area contributed by atoms with Crippen molar-refractivity contribution in [3.05, 3.63) is 12.7 Å². The molecule has 0 aromatic carbocycles. The smallest absolute Gasteiger partial charge is 0.191 e. The van der Waals surface area contributed by atoms with Crippen LogP contribution in [0.4, 0.5) is 0 Å². The van der Waals surface area contributed by atoms with E-state index in [4.69, 9.17) is 16.0 Å². The molecule has 0 heterocycles. The Kier molecular flexibility index (Phi) is 6.43. The Morgan fingerprint density at radius 3 is 2.24 bits per heavy atom. The molecule has 0 aliphatic heterocycles. The van der Waals surface area contributed by atoms with Crippen LogP contribution in [0, 0.1) is 5.92 Å². The third-order valence-electron chi connectivity index (χ3n) is 3.65. The van der Waals surface area contributed by atoms with Crippen molar-refractivity contribution < 1.29 is 9.53 Å². The lowest BCUT2D eigenvalue weighted by Crippen LogP contribution is -2.43. The second kappa shape index (κ2) is 6.37. The molecule has 0 unspecified atom stereocenters. The highest BCUT2D eigenvalue weighted by Gasteiger charge is 2.37. The summed E-state index contributed by atoms with van der Waals surface area (Å²) >= 11 is 5.94. The first kappa shape index (κ1) is 17.2. The van der Waals surface area contributed by atoms with E-state index < -0.39 is 19.8 Å². The summed E-state index contributed by atoms with van der Waals surface area (Å²) in [5.74, 6) is 0.0182. The lowest BCUT2D eigenvalue weighted by molar-refractivity contribution is 0.0849. The maximum atomic E-state index is 9.92. The standard InChI is InChI=1S/C13H27ClO2Si/c1-8-11(14)12(15)10(2)9-16-17(6,7)13(3,4)5/h8,10-12,15H,1,9H2,2-7H3/t10-,11+,12+/m0/s1. The number of aliphatic hydroxyl groups is 1. The van der Waals surface area contributed by atoms with Gasteiger partial charge in [-0.25, -0.2) is 0 Å². The topological polar surface area (TPSA) is 29.5 Å². The summed E-state index contributed by atoms with van der Waals surface area (Å²) < 4.78 is 6.06. The first-order valence-electron chi connectivity index (χ1n) is 6.11. The zero-order chi connectivity index (χ0) is 13.9. The van der Waals surface area contributed by atoms with Crippen molar-refractivity contribution in [1.82, 2.24) is 0 Å². The summed E-state index contributed by atoms with van der Waals surface area (Å²) in [4.78, 5) is 0. The lowest BCUT2D eigenvalue weighted by atomic mass is 10.0. The molecule has 0 saturated carbocycles. The van der Waals surface area contributed by atoms with Crippen LogP contribution in [-0.4, -0.2) is 31.5 Å². The summed E-state index contributed by atoms with van der Waals surface area (Å²) in [6, 6.07) is 0. The fourth-order valence-corrected chi connectivity index (χ4v) is 2.47. The van der Waals surface area contributed by atoms with Crippen molar-refractivity contribution in [3.63, 3.8) is 0 Å². The zero-order valence-electron chi connectivity index (χ0n) is 12.0. The minimum atomic E-state index is -1.74. The second-order valence-electron chi connectivity index (χ2n) is 6.22. The first-order valence-corrected chi connectivity index (χ1v) is 9.46. The molecule has 0 saturated heterocycles. The molecule has 0 spiro atoms. The van der Waals surface area contributed by atoms with Crippen molar-refractivity contribution in [1.29, 1.82) is 0 Å². The Hall–Kier alpha value is 0.167. The minimum Gasteiger partial charge on any atom is -0.416 e. The van der Waals surface area contributed by atoms with E-state index in [1.807, 2.05) is 6.92 Å². The second-order valence-corrected chi connectivity index (χ2v) is 11.5. The molecule has 0 fully saturated rings. The Morgan fingerprint density at radius 2 is 1.88 bits per heavy atom. The third kappa shape index (κ3) is 5.12. The van der Waals surface area contributed by atoms with Crippen molar-refractivity contribution >= 4 is 19.9 Å². The average Bonchev–Trinajstić information content (AvgIpc) is 2.22. The highest BCUT2D eigenvalue weighted by atomic mass is 35.5. The van der Waals surface area contributed by atoms with Gasteiger partial charge in [-0.05, 0) is 18.1 Å². The molecule has 0 amide bonds. The molecule has 2 nitrogen and oxygen atoms in total. The predicted octanol–water partition coefficient (Wildman–Crippen LogP) is 3.80. The van der Waals surface area contributed by atoms with Gasteiger partial charge in [-0.2, -0.15) is 0 Å². The maximum Gasteiger partial charge on any atom is 0.191 e. The zero-order valence-corrected chi connectivity index (χ0v) is 13.7. The van der Waals surface area contributed by atoms with Crippen molar-refractivity contribution in [2.24, 2.45) is 5.92 Å². The van der Waals surface area contributed by atoms with Crippen LogP contribution < -0.4 is 0 Å². The van der Waals surface area contributed by atoms with Gasteiger partial charge < -0.3 is 9.53 Å². The molecule has 4 heteroatoms. The van der Waals surface area contributed by atoms with Crippen LogP contribution in [0.1, 0.15) is 27.7 Å². The van der Waals surface area contributed by atoms with Crippen molar-refractivity contribution in [2.45, 2.75) is 57.3 Å². The molecule has 102 valence electrons. The maximum absolute atomic E-state index is 9.92. The monoisotopic (exact) mass is 278 g/mol. The van der Waals surface area contributed by atoms with Crippen LogP contribution in [0.25, 0.3) is 0 Å². The highest BCUT2D eigenvalue weighted by Crippen LogP contribution is 2.36. The first-order chi connectivity index (χ1) is 7.53. The van der Waals surface area contributed by atoms with E-state index in [2.05, 4.69) is 40.4 Å². The fourth-order valence-electron chi connectivity index (χ4n) is 1.11. The van der Waals surface area contributed by atoms with Gasteiger partial charge in [0.1, 0.15) is 0 Å². The molecule has 0 rings (SSSR count). The van der Waals surface area contributed by atoms with Gasteiger partial charge in [0.2, 0.25) is 0 Å². The molecular weight excluding hydrogens is 252 g/mol. The van der Waals surface area contributed by atoms with Crippen LogP contribution in [0.3, 0.4) is 0 Å². The number of aliphatic hydroxyl groups excluding tert-OH is 1. The molecular formula is C13H27ClO2Si. The summed E-state index contributed by atoms with van der Waals surface area (Å²) in [7, 11) is -1.74. The van der Waals surface area contributed by atoms with Crippen LogP contribution in [0.2, 0.25) is 18.1 Å². The minimum absolute atomic E-state index is 0.0182. The molecule has 0 radical (unpaired) electrons. The van der Waals surface area contributed by atoms with Crippen LogP contribution in [-0.2, 0) is 4.43 Å². The Balaban J connectivity index is 4.34. The average molecular weight is 279 g/mol. The van der Waals surface area contributed by atoms with Crippen LogP contribution >= 0.6 is 11.6 Å². The summed E-state index contributed by atoms with van der Waals surface area (Å²) in [6.45, 7) is 17.1. The quantitative estimate of drug-likeness (QED) is 0.455. The predicted molar refractivity (Wildman–Crippen MR) is 78.2 cm³/mol. The van der Waals surface area contributed by atoms with Crippen LogP contribution in [0.5, 0.6) is 0 Å². The van der Waals surface area contributed by atoms with Gasteiger partial charge >= 0.3 is 0 Å². The Labute approximate surface area is 112 Å².